The van der Waals surface area contributed by atoms with Gasteiger partial charge in [0, 0.05) is 29.2 Å². The van der Waals surface area contributed by atoms with Gasteiger partial charge in [0.15, 0.2) is 0 Å². The highest BCUT2D eigenvalue weighted by molar-refractivity contribution is 6.35. The summed E-state index contributed by atoms with van der Waals surface area (Å²) in [6.07, 6.45) is 2.13. The fraction of sp³-hybridized carbons (Fsp3) is 0.222. The molecule has 0 aliphatic heterocycles. The van der Waals surface area contributed by atoms with Crippen LogP contribution in [0.3, 0.4) is 0 Å². The van der Waals surface area contributed by atoms with Gasteiger partial charge in [0.1, 0.15) is 12.4 Å². The van der Waals surface area contributed by atoms with Crippen LogP contribution in [0.4, 0.5) is 0 Å². The molecule has 1 heterocycles. The molecule has 2 aromatic carbocycles. The summed E-state index contributed by atoms with van der Waals surface area (Å²) in [6, 6.07) is 14.1. The summed E-state index contributed by atoms with van der Waals surface area (Å²) in [5, 5.41) is 1.87. The van der Waals surface area contributed by atoms with E-state index in [1.165, 1.54) is 5.56 Å². The third-order valence-electron chi connectivity index (χ3n) is 3.69. The monoisotopic (exact) mass is 299 g/mol. The quantitative estimate of drug-likeness (QED) is 0.645. The van der Waals surface area contributed by atoms with Crippen LogP contribution < -0.4 is 4.74 Å². The molecule has 0 fully saturated rings. The van der Waals surface area contributed by atoms with Crippen molar-refractivity contribution < 1.29 is 4.74 Å². The number of ether oxygens (including phenoxy) is 1. The molecule has 2 nitrogen and oxygen atoms in total. The van der Waals surface area contributed by atoms with Gasteiger partial charge in [-0.2, -0.15) is 0 Å². The Bertz CT molecular complexity index is 759. The van der Waals surface area contributed by atoms with Crippen molar-refractivity contribution in [2.45, 2.75) is 27.0 Å². The summed E-state index contributed by atoms with van der Waals surface area (Å²) in [6.45, 7) is 5.64. The van der Waals surface area contributed by atoms with Crippen molar-refractivity contribution >= 4 is 22.5 Å². The zero-order valence-electron chi connectivity index (χ0n) is 12.3. The van der Waals surface area contributed by atoms with Gasteiger partial charge in [-0.25, -0.2) is 0 Å². The number of aryl methyl sites for hydroxylation is 2. The first-order valence-corrected chi connectivity index (χ1v) is 7.52. The molecular weight excluding hydrogens is 282 g/mol. The standard InChI is InChI=1S/C18H18ClNO/c1-3-20-11-14(18-16(19)5-4-6-17(18)20)12-21-15-9-7-13(2)8-10-15/h4-11H,3,12H2,1-2H3. The summed E-state index contributed by atoms with van der Waals surface area (Å²) >= 11 is 6.37. The Kier molecular flexibility index (Phi) is 3.89. The van der Waals surface area contributed by atoms with Gasteiger partial charge in [-0.05, 0) is 38.1 Å². The first kappa shape index (κ1) is 14.0. The van der Waals surface area contributed by atoms with Crippen LogP contribution in [0.1, 0.15) is 18.1 Å². The molecule has 3 aromatic rings. The topological polar surface area (TPSA) is 14.2 Å². The van der Waals surface area contributed by atoms with Crippen molar-refractivity contribution in [3.05, 3.63) is 64.8 Å². The summed E-state index contributed by atoms with van der Waals surface area (Å²) in [5.41, 5.74) is 3.51. The van der Waals surface area contributed by atoms with E-state index >= 15 is 0 Å². The fourth-order valence-corrected chi connectivity index (χ4v) is 2.85. The molecule has 0 unspecified atom stereocenters. The van der Waals surface area contributed by atoms with Crippen molar-refractivity contribution in [1.82, 2.24) is 4.57 Å². The van der Waals surface area contributed by atoms with E-state index in [0.29, 0.717) is 6.61 Å². The van der Waals surface area contributed by atoms with Gasteiger partial charge in [-0.1, -0.05) is 35.4 Å². The predicted octanol–water partition coefficient (Wildman–Crippen LogP) is 5.20. The lowest BCUT2D eigenvalue weighted by Crippen LogP contribution is -1.95. The van der Waals surface area contributed by atoms with Crippen LogP contribution in [0.15, 0.2) is 48.7 Å². The molecule has 108 valence electrons. The molecule has 3 heteroatoms. The minimum atomic E-state index is 0.524. The second kappa shape index (κ2) is 5.82. The number of nitrogens with zero attached hydrogens (tertiary/aromatic N) is 1. The maximum atomic E-state index is 6.37. The molecule has 0 bridgehead atoms. The Labute approximate surface area is 129 Å². The van der Waals surface area contributed by atoms with Crippen molar-refractivity contribution in [3.8, 4) is 5.75 Å². The molecule has 0 amide bonds. The van der Waals surface area contributed by atoms with Gasteiger partial charge >= 0.3 is 0 Å². The van der Waals surface area contributed by atoms with E-state index in [2.05, 4.69) is 42.8 Å². The van der Waals surface area contributed by atoms with Crippen molar-refractivity contribution in [2.75, 3.05) is 0 Å². The zero-order chi connectivity index (χ0) is 14.8. The molecule has 0 saturated heterocycles. The number of hydrogen-bond donors (Lipinski definition) is 0. The molecule has 0 atom stereocenters. The lowest BCUT2D eigenvalue weighted by molar-refractivity contribution is 0.307. The molecule has 0 aliphatic carbocycles. The summed E-state index contributed by atoms with van der Waals surface area (Å²) in [4.78, 5) is 0. The molecule has 0 saturated carbocycles. The Morgan fingerprint density at radius 3 is 2.57 bits per heavy atom. The van der Waals surface area contributed by atoms with Crippen molar-refractivity contribution in [2.24, 2.45) is 0 Å². The third kappa shape index (κ3) is 2.77. The van der Waals surface area contributed by atoms with Crippen LogP contribution >= 0.6 is 11.6 Å². The Morgan fingerprint density at radius 1 is 1.10 bits per heavy atom. The number of fused-ring (bicyclic) bond motifs is 1. The average molecular weight is 300 g/mol. The highest BCUT2D eigenvalue weighted by Crippen LogP contribution is 2.29. The molecule has 0 radical (unpaired) electrons. The third-order valence-corrected chi connectivity index (χ3v) is 4.00. The molecule has 0 N–H and O–H groups in total. The largest absolute Gasteiger partial charge is 0.489 e. The first-order valence-electron chi connectivity index (χ1n) is 7.14. The van der Waals surface area contributed by atoms with Gasteiger partial charge in [0.05, 0.1) is 5.02 Å². The molecule has 0 aliphatic rings. The Morgan fingerprint density at radius 2 is 1.86 bits per heavy atom. The SMILES string of the molecule is CCn1cc(COc2ccc(C)cc2)c2c(Cl)cccc21. The first-order chi connectivity index (χ1) is 10.2. The highest BCUT2D eigenvalue weighted by Gasteiger charge is 2.11. The fourth-order valence-electron chi connectivity index (χ4n) is 2.56. The van der Waals surface area contributed by atoms with Gasteiger partial charge in [0.25, 0.3) is 0 Å². The van der Waals surface area contributed by atoms with E-state index in [9.17, 15) is 0 Å². The Hall–Kier alpha value is -1.93. The normalized spacial score (nSPS) is 11.0. The van der Waals surface area contributed by atoms with Crippen LogP contribution in [0, 0.1) is 6.92 Å². The molecule has 3 rings (SSSR count). The van der Waals surface area contributed by atoms with Crippen LogP contribution in [0.5, 0.6) is 5.75 Å². The zero-order valence-corrected chi connectivity index (χ0v) is 13.0. The number of benzene rings is 2. The number of rotatable bonds is 4. The number of halogens is 1. The van der Waals surface area contributed by atoms with Gasteiger partial charge < -0.3 is 9.30 Å². The lowest BCUT2D eigenvalue weighted by Gasteiger charge is -2.06. The minimum absolute atomic E-state index is 0.524. The molecule has 21 heavy (non-hydrogen) atoms. The van der Waals surface area contributed by atoms with Crippen LogP contribution in [-0.4, -0.2) is 4.57 Å². The van der Waals surface area contributed by atoms with Gasteiger partial charge in [-0.15, -0.1) is 0 Å². The van der Waals surface area contributed by atoms with E-state index in [4.69, 9.17) is 16.3 Å². The maximum absolute atomic E-state index is 6.37. The van der Waals surface area contributed by atoms with E-state index in [1.54, 1.807) is 0 Å². The number of hydrogen-bond acceptors (Lipinski definition) is 1. The van der Waals surface area contributed by atoms with Crippen molar-refractivity contribution in [1.29, 1.82) is 0 Å². The average Bonchev–Trinajstić information content (AvgIpc) is 2.86. The van der Waals surface area contributed by atoms with Gasteiger partial charge in [-0.3, -0.25) is 0 Å². The van der Waals surface area contributed by atoms with Crippen molar-refractivity contribution in [3.63, 3.8) is 0 Å². The maximum Gasteiger partial charge on any atom is 0.119 e. The van der Waals surface area contributed by atoms with E-state index < -0.39 is 0 Å². The van der Waals surface area contributed by atoms with E-state index in [0.717, 1.165) is 33.8 Å². The second-order valence-corrected chi connectivity index (χ2v) is 5.58. The number of aromatic nitrogens is 1. The van der Waals surface area contributed by atoms with E-state index in [-0.39, 0.29) is 0 Å². The molecule has 0 spiro atoms. The molecule has 1 aromatic heterocycles. The highest BCUT2D eigenvalue weighted by atomic mass is 35.5. The summed E-state index contributed by atoms with van der Waals surface area (Å²) in [7, 11) is 0. The summed E-state index contributed by atoms with van der Waals surface area (Å²) < 4.78 is 8.10. The van der Waals surface area contributed by atoms with Crippen LogP contribution in [-0.2, 0) is 13.2 Å². The van der Waals surface area contributed by atoms with E-state index in [1.807, 2.05) is 24.3 Å². The minimum Gasteiger partial charge on any atom is -0.489 e. The predicted molar refractivity (Wildman–Crippen MR) is 88.1 cm³/mol. The van der Waals surface area contributed by atoms with Crippen LogP contribution in [0.25, 0.3) is 10.9 Å². The lowest BCUT2D eigenvalue weighted by atomic mass is 10.2. The van der Waals surface area contributed by atoms with Crippen LogP contribution in [0.2, 0.25) is 5.02 Å². The summed E-state index contributed by atoms with van der Waals surface area (Å²) in [5.74, 6) is 0.880. The Balaban J connectivity index is 1.91. The second-order valence-electron chi connectivity index (χ2n) is 5.18. The van der Waals surface area contributed by atoms with Gasteiger partial charge in [0.2, 0.25) is 0 Å². The smallest absolute Gasteiger partial charge is 0.119 e. The molecular formula is C18H18ClNO.